The lowest BCUT2D eigenvalue weighted by Crippen LogP contribution is -2.52. The predicted octanol–water partition coefficient (Wildman–Crippen LogP) is 4.86. The Morgan fingerprint density at radius 1 is 1.08 bits per heavy atom. The third kappa shape index (κ3) is 7.44. The van der Waals surface area contributed by atoms with Gasteiger partial charge in [0.05, 0.1) is 42.6 Å². The number of aliphatic hydroxyl groups is 1. The quantitative estimate of drug-likeness (QED) is 0.254. The van der Waals surface area contributed by atoms with Crippen LogP contribution in [0.1, 0.15) is 45.6 Å². The molecule has 2 aliphatic rings. The van der Waals surface area contributed by atoms with E-state index in [1.54, 1.807) is 61.4 Å². The van der Waals surface area contributed by atoms with Crippen molar-refractivity contribution in [2.45, 2.75) is 70.0 Å². The van der Waals surface area contributed by atoms with Gasteiger partial charge >= 0.3 is 6.09 Å². The molecule has 0 bridgehead atoms. The average molecular weight is 756 g/mol. The second-order valence-electron chi connectivity index (χ2n) is 14.3. The van der Waals surface area contributed by atoms with Gasteiger partial charge in [-0.1, -0.05) is 0 Å². The fraction of sp³-hybridized carbons (Fsp3) is 0.444. The van der Waals surface area contributed by atoms with Crippen LogP contribution in [-0.2, 0) is 19.6 Å². The number of anilines is 3. The van der Waals surface area contributed by atoms with Crippen molar-refractivity contribution < 1.29 is 41.4 Å². The topological polar surface area (TPSA) is 159 Å². The number of carbonyl (C=O) groups excluding carboxylic acids is 2. The largest absolute Gasteiger partial charge is 0.494 e. The van der Waals surface area contributed by atoms with Crippen LogP contribution < -0.4 is 14.4 Å². The number of methoxy groups -OCH3 is 1. The SMILES string of the molecule is COc1ccc(-c2cnc3c(Nc4ccc(N(C)S(=O)(=O)C5CCN(C(=O)[C@@H]6C[C@@H](O)CN6C(=O)OC(C)(C)C)CC5)c(C)c4)nccn23)c(F)c1F. The zero-order chi connectivity index (χ0) is 38.4. The monoisotopic (exact) mass is 755 g/mol. The Hall–Kier alpha value is -5.03. The highest BCUT2D eigenvalue weighted by atomic mass is 32.2. The summed E-state index contributed by atoms with van der Waals surface area (Å²) in [5.41, 5.74) is 1.59. The second kappa shape index (κ2) is 14.4. The van der Waals surface area contributed by atoms with Crippen LogP contribution in [0.15, 0.2) is 48.9 Å². The minimum Gasteiger partial charge on any atom is -0.494 e. The molecule has 284 valence electrons. The Morgan fingerprint density at radius 3 is 2.45 bits per heavy atom. The summed E-state index contributed by atoms with van der Waals surface area (Å²) in [5.74, 6) is -2.39. The number of nitrogens with zero attached hydrogens (tertiary/aromatic N) is 6. The standard InChI is InChI=1S/C36H43F2N7O7S/c1-21-17-22(41-32-33-40-19-28(44(33)16-13-39-32)25-8-10-29(51-6)31(38)30(25)37)7-9-26(21)42(5)53(49,50)24-11-14-43(15-12-24)34(47)27-18-23(46)20-45(27)35(48)52-36(2,3)4/h7-10,13,16-17,19,23-24,27,46H,11-12,14-15,18,20H2,1-6H3,(H,39,41)/t23-,27+/m1/s1. The number of aryl methyl sites for hydroxylation is 1. The van der Waals surface area contributed by atoms with Gasteiger partial charge in [0, 0.05) is 50.2 Å². The number of nitrogens with one attached hydrogen (secondary N) is 1. The fourth-order valence-corrected chi connectivity index (χ4v) is 8.57. The zero-order valence-electron chi connectivity index (χ0n) is 30.3. The highest BCUT2D eigenvalue weighted by Gasteiger charge is 2.44. The number of piperidine rings is 1. The third-order valence-corrected chi connectivity index (χ3v) is 11.8. The number of rotatable bonds is 8. The summed E-state index contributed by atoms with van der Waals surface area (Å²) >= 11 is 0. The summed E-state index contributed by atoms with van der Waals surface area (Å²) in [6.45, 7) is 7.30. The lowest BCUT2D eigenvalue weighted by molar-refractivity contribution is -0.136. The van der Waals surface area contributed by atoms with E-state index >= 15 is 0 Å². The first kappa shape index (κ1) is 37.7. The number of aliphatic hydroxyl groups excluding tert-OH is 1. The molecule has 53 heavy (non-hydrogen) atoms. The molecule has 0 spiro atoms. The molecule has 2 amide bonds. The molecular formula is C36H43F2N7O7S. The summed E-state index contributed by atoms with van der Waals surface area (Å²) in [6, 6.07) is 7.01. The van der Waals surface area contributed by atoms with Gasteiger partial charge in [0.25, 0.3) is 0 Å². The van der Waals surface area contributed by atoms with Crippen molar-refractivity contribution in [2.75, 3.05) is 43.4 Å². The second-order valence-corrected chi connectivity index (χ2v) is 16.5. The van der Waals surface area contributed by atoms with Crippen molar-refractivity contribution in [1.29, 1.82) is 0 Å². The van der Waals surface area contributed by atoms with Crippen LogP contribution >= 0.6 is 0 Å². The number of hydrogen-bond donors (Lipinski definition) is 2. The molecule has 0 radical (unpaired) electrons. The molecule has 0 saturated carbocycles. The number of benzene rings is 2. The molecule has 2 aromatic heterocycles. The average Bonchev–Trinajstić information content (AvgIpc) is 3.73. The van der Waals surface area contributed by atoms with E-state index in [9.17, 15) is 31.9 Å². The van der Waals surface area contributed by atoms with E-state index in [4.69, 9.17) is 9.47 Å². The van der Waals surface area contributed by atoms with Crippen LogP contribution in [0.5, 0.6) is 5.75 Å². The van der Waals surface area contributed by atoms with E-state index < -0.39 is 50.7 Å². The van der Waals surface area contributed by atoms with E-state index in [2.05, 4.69) is 15.3 Å². The summed E-state index contributed by atoms with van der Waals surface area (Å²) < 4.78 is 70.2. The van der Waals surface area contributed by atoms with Crippen LogP contribution in [0.4, 0.5) is 30.8 Å². The van der Waals surface area contributed by atoms with Gasteiger partial charge in [0.2, 0.25) is 21.7 Å². The third-order valence-electron chi connectivity index (χ3n) is 9.52. The number of carbonyl (C=O) groups is 2. The molecule has 0 aliphatic carbocycles. The molecule has 0 unspecified atom stereocenters. The number of β-amino-alcohol motifs (C(OH)–C–C–N with tert-alkyl or cyclic N) is 1. The molecule has 2 saturated heterocycles. The van der Waals surface area contributed by atoms with Crippen LogP contribution in [0.2, 0.25) is 0 Å². The molecule has 2 aromatic carbocycles. The van der Waals surface area contributed by atoms with Gasteiger partial charge in [-0.15, -0.1) is 0 Å². The van der Waals surface area contributed by atoms with Crippen molar-refractivity contribution >= 4 is 44.9 Å². The molecule has 2 fully saturated rings. The van der Waals surface area contributed by atoms with Gasteiger partial charge in [0.1, 0.15) is 11.6 Å². The minimum atomic E-state index is -3.83. The van der Waals surface area contributed by atoms with Crippen molar-refractivity contribution in [3.8, 4) is 17.0 Å². The number of ether oxygens (including phenoxy) is 2. The number of amides is 2. The summed E-state index contributed by atoms with van der Waals surface area (Å²) in [4.78, 5) is 37.9. The van der Waals surface area contributed by atoms with Crippen LogP contribution in [0, 0.1) is 18.6 Å². The van der Waals surface area contributed by atoms with Crippen LogP contribution in [-0.4, -0.2) is 106 Å². The number of hydrogen-bond acceptors (Lipinski definition) is 10. The number of fused-ring (bicyclic) bond motifs is 1. The van der Waals surface area contributed by atoms with Crippen molar-refractivity contribution in [2.24, 2.45) is 0 Å². The van der Waals surface area contributed by atoms with Crippen molar-refractivity contribution in [3.63, 3.8) is 0 Å². The molecule has 2 aliphatic heterocycles. The minimum absolute atomic E-state index is 0.00633. The Labute approximate surface area is 306 Å². The maximum absolute atomic E-state index is 14.9. The summed E-state index contributed by atoms with van der Waals surface area (Å²) in [5, 5.41) is 12.7. The number of imidazole rings is 1. The van der Waals surface area contributed by atoms with Crippen molar-refractivity contribution in [1.82, 2.24) is 24.2 Å². The first-order chi connectivity index (χ1) is 25.0. The summed E-state index contributed by atoms with van der Waals surface area (Å²) in [6.07, 6.45) is 3.44. The van der Waals surface area contributed by atoms with Crippen LogP contribution in [0.3, 0.4) is 0 Å². The molecular weight excluding hydrogens is 713 g/mol. The molecule has 17 heteroatoms. The molecule has 4 heterocycles. The molecule has 6 rings (SSSR count). The highest BCUT2D eigenvalue weighted by molar-refractivity contribution is 7.93. The number of likely N-dealkylation sites (tertiary alicyclic amines) is 2. The lowest BCUT2D eigenvalue weighted by Gasteiger charge is -2.37. The Kier molecular flexibility index (Phi) is 10.3. The van der Waals surface area contributed by atoms with Crippen LogP contribution in [0.25, 0.3) is 16.9 Å². The first-order valence-electron chi connectivity index (χ1n) is 17.2. The Morgan fingerprint density at radius 2 is 1.79 bits per heavy atom. The van der Waals surface area contributed by atoms with Crippen molar-refractivity contribution in [3.05, 3.63) is 66.1 Å². The van der Waals surface area contributed by atoms with E-state index in [0.717, 1.165) is 0 Å². The highest BCUT2D eigenvalue weighted by Crippen LogP contribution is 2.34. The van der Waals surface area contributed by atoms with E-state index in [-0.39, 0.29) is 56.1 Å². The number of halogens is 2. The normalized spacial score (nSPS) is 18.4. The predicted molar refractivity (Wildman–Crippen MR) is 194 cm³/mol. The fourth-order valence-electron chi connectivity index (χ4n) is 6.83. The van der Waals surface area contributed by atoms with E-state index in [1.807, 2.05) is 0 Å². The first-order valence-corrected chi connectivity index (χ1v) is 18.7. The van der Waals surface area contributed by atoms with E-state index in [0.29, 0.717) is 34.1 Å². The molecule has 2 atom stereocenters. The maximum Gasteiger partial charge on any atom is 0.411 e. The van der Waals surface area contributed by atoms with Gasteiger partial charge in [-0.2, -0.15) is 4.39 Å². The van der Waals surface area contributed by atoms with Gasteiger partial charge in [-0.05, 0) is 76.4 Å². The smallest absolute Gasteiger partial charge is 0.411 e. The van der Waals surface area contributed by atoms with E-state index in [1.165, 1.54) is 47.9 Å². The molecule has 4 aromatic rings. The zero-order valence-corrected chi connectivity index (χ0v) is 31.2. The lowest BCUT2D eigenvalue weighted by atomic mass is 10.1. The molecule has 2 N–H and O–H groups in total. The van der Waals surface area contributed by atoms with Gasteiger partial charge in [-0.3, -0.25) is 18.4 Å². The van der Waals surface area contributed by atoms with Gasteiger partial charge < -0.3 is 24.8 Å². The number of aromatic nitrogens is 3. The Bertz CT molecular complexity index is 2150. The Balaban J connectivity index is 1.12. The number of sulfonamides is 1. The van der Waals surface area contributed by atoms with Gasteiger partial charge in [-0.25, -0.2) is 27.6 Å². The molecule has 14 nitrogen and oxygen atoms in total. The van der Waals surface area contributed by atoms with Gasteiger partial charge in [0.15, 0.2) is 23.0 Å². The summed E-state index contributed by atoms with van der Waals surface area (Å²) in [7, 11) is -1.08. The maximum atomic E-state index is 14.9.